The van der Waals surface area contributed by atoms with Crippen molar-refractivity contribution in [3.8, 4) is 0 Å². The molecule has 2 N–H and O–H groups in total. The van der Waals surface area contributed by atoms with Gasteiger partial charge in [0.1, 0.15) is 6.04 Å². The van der Waals surface area contributed by atoms with Crippen LogP contribution in [0.1, 0.15) is 32.6 Å². The summed E-state index contributed by atoms with van der Waals surface area (Å²) < 4.78 is 4.88. The summed E-state index contributed by atoms with van der Waals surface area (Å²) in [6.45, 7) is 4.78. The van der Waals surface area contributed by atoms with E-state index in [4.69, 9.17) is 10.5 Å². The molecular weight excluding hydrogens is 204 g/mol. The van der Waals surface area contributed by atoms with Crippen LogP contribution in [0, 0.1) is 5.92 Å². The number of nitrogens with two attached hydrogens (primary N) is 1. The van der Waals surface area contributed by atoms with Crippen molar-refractivity contribution in [1.82, 2.24) is 4.90 Å². The van der Waals surface area contributed by atoms with Gasteiger partial charge in [-0.15, -0.1) is 0 Å². The van der Waals surface area contributed by atoms with E-state index >= 15 is 0 Å². The van der Waals surface area contributed by atoms with Gasteiger partial charge in [-0.3, -0.25) is 9.69 Å². The van der Waals surface area contributed by atoms with Crippen molar-refractivity contribution in [2.75, 3.05) is 26.7 Å². The van der Waals surface area contributed by atoms with E-state index in [2.05, 4.69) is 11.8 Å². The highest BCUT2D eigenvalue weighted by Gasteiger charge is 2.31. The largest absolute Gasteiger partial charge is 0.468 e. The van der Waals surface area contributed by atoms with Gasteiger partial charge in [0.15, 0.2) is 0 Å². The highest BCUT2D eigenvalue weighted by atomic mass is 16.5. The maximum absolute atomic E-state index is 11.7. The summed E-state index contributed by atoms with van der Waals surface area (Å²) in [7, 11) is 1.47. The Labute approximate surface area is 98.1 Å². The fourth-order valence-electron chi connectivity index (χ4n) is 2.32. The summed E-state index contributed by atoms with van der Waals surface area (Å²) in [4.78, 5) is 13.9. The lowest BCUT2D eigenvalue weighted by atomic mass is 10.1. The minimum Gasteiger partial charge on any atom is -0.468 e. The number of rotatable bonds is 6. The fraction of sp³-hybridized carbons (Fsp3) is 0.917. The molecule has 1 heterocycles. The van der Waals surface area contributed by atoms with Gasteiger partial charge in [0.2, 0.25) is 0 Å². The lowest BCUT2D eigenvalue weighted by molar-refractivity contribution is -0.147. The van der Waals surface area contributed by atoms with Gasteiger partial charge in [-0.05, 0) is 31.8 Å². The van der Waals surface area contributed by atoms with E-state index in [-0.39, 0.29) is 12.0 Å². The van der Waals surface area contributed by atoms with E-state index in [1.54, 1.807) is 0 Å². The quantitative estimate of drug-likeness (QED) is 0.689. The molecule has 94 valence electrons. The van der Waals surface area contributed by atoms with Crippen molar-refractivity contribution in [1.29, 1.82) is 0 Å². The number of ether oxygens (including phenoxy) is 1. The van der Waals surface area contributed by atoms with E-state index in [1.807, 2.05) is 0 Å². The number of hydrogen-bond acceptors (Lipinski definition) is 4. The topological polar surface area (TPSA) is 55.6 Å². The second-order valence-electron chi connectivity index (χ2n) is 4.57. The van der Waals surface area contributed by atoms with Gasteiger partial charge in [0.05, 0.1) is 7.11 Å². The third-order valence-electron chi connectivity index (χ3n) is 3.40. The minimum atomic E-state index is -0.0916. The number of nitrogens with zero attached hydrogens (tertiary/aromatic N) is 1. The van der Waals surface area contributed by atoms with Crippen LogP contribution < -0.4 is 5.73 Å². The first kappa shape index (κ1) is 13.5. The van der Waals surface area contributed by atoms with E-state index in [0.717, 1.165) is 45.3 Å². The Morgan fingerprint density at radius 3 is 2.88 bits per heavy atom. The van der Waals surface area contributed by atoms with Crippen molar-refractivity contribution in [3.63, 3.8) is 0 Å². The Morgan fingerprint density at radius 2 is 2.38 bits per heavy atom. The number of hydrogen-bond donors (Lipinski definition) is 1. The van der Waals surface area contributed by atoms with Crippen LogP contribution in [0.4, 0.5) is 0 Å². The average Bonchev–Trinajstić information content (AvgIpc) is 2.77. The van der Waals surface area contributed by atoms with Crippen LogP contribution in [0.3, 0.4) is 0 Å². The third kappa shape index (κ3) is 3.46. The van der Waals surface area contributed by atoms with Crippen LogP contribution in [0.2, 0.25) is 0 Å². The Morgan fingerprint density at radius 1 is 1.62 bits per heavy atom. The van der Waals surface area contributed by atoms with Crippen LogP contribution in [0.5, 0.6) is 0 Å². The predicted molar refractivity (Wildman–Crippen MR) is 64.1 cm³/mol. The molecule has 1 rings (SSSR count). The standard InChI is InChI=1S/C12H24N2O2/c1-3-4-5-11(12(15)16-2)14-7-6-10(8-13)9-14/h10-11H,3-9,13H2,1-2H3. The zero-order chi connectivity index (χ0) is 12.0. The zero-order valence-electron chi connectivity index (χ0n) is 10.4. The van der Waals surface area contributed by atoms with Crippen molar-refractivity contribution in [2.45, 2.75) is 38.6 Å². The highest BCUT2D eigenvalue weighted by Crippen LogP contribution is 2.21. The SMILES string of the molecule is CCCCC(C(=O)OC)N1CCC(CN)C1. The normalized spacial score (nSPS) is 23.3. The molecule has 2 unspecified atom stereocenters. The Balaban J connectivity index is 2.51. The van der Waals surface area contributed by atoms with E-state index in [1.165, 1.54) is 7.11 Å². The smallest absolute Gasteiger partial charge is 0.323 e. The molecule has 4 nitrogen and oxygen atoms in total. The maximum atomic E-state index is 11.7. The number of methoxy groups -OCH3 is 1. The van der Waals surface area contributed by atoms with Gasteiger partial charge in [0.25, 0.3) is 0 Å². The lowest BCUT2D eigenvalue weighted by Gasteiger charge is -2.25. The van der Waals surface area contributed by atoms with Gasteiger partial charge >= 0.3 is 5.97 Å². The Kier molecular flexibility index (Phi) is 5.77. The van der Waals surface area contributed by atoms with Gasteiger partial charge < -0.3 is 10.5 Å². The van der Waals surface area contributed by atoms with E-state index < -0.39 is 0 Å². The number of likely N-dealkylation sites (tertiary alicyclic amines) is 1. The van der Waals surface area contributed by atoms with E-state index in [0.29, 0.717) is 5.92 Å². The van der Waals surface area contributed by atoms with Crippen LogP contribution in [0.25, 0.3) is 0 Å². The van der Waals surface area contributed by atoms with Crippen LogP contribution in [-0.4, -0.2) is 43.7 Å². The molecular formula is C12H24N2O2. The van der Waals surface area contributed by atoms with Gasteiger partial charge in [-0.2, -0.15) is 0 Å². The number of unbranched alkanes of at least 4 members (excludes halogenated alkanes) is 1. The van der Waals surface area contributed by atoms with E-state index in [9.17, 15) is 4.79 Å². The lowest BCUT2D eigenvalue weighted by Crippen LogP contribution is -2.40. The molecule has 1 fully saturated rings. The van der Waals surface area contributed by atoms with Gasteiger partial charge in [-0.1, -0.05) is 19.8 Å². The first-order valence-electron chi connectivity index (χ1n) is 6.24. The number of carbonyl (C=O) groups excluding carboxylic acids is 1. The fourth-order valence-corrected chi connectivity index (χ4v) is 2.32. The molecule has 4 heteroatoms. The maximum Gasteiger partial charge on any atom is 0.323 e. The zero-order valence-corrected chi connectivity index (χ0v) is 10.4. The van der Waals surface area contributed by atoms with Crippen LogP contribution >= 0.6 is 0 Å². The van der Waals surface area contributed by atoms with Gasteiger partial charge in [-0.25, -0.2) is 0 Å². The van der Waals surface area contributed by atoms with Crippen molar-refractivity contribution >= 4 is 5.97 Å². The summed E-state index contributed by atoms with van der Waals surface area (Å²) in [5, 5.41) is 0. The van der Waals surface area contributed by atoms with Crippen LogP contribution in [-0.2, 0) is 9.53 Å². The number of carbonyl (C=O) groups is 1. The summed E-state index contributed by atoms with van der Waals surface area (Å²) in [6.07, 6.45) is 4.20. The molecule has 0 bridgehead atoms. The molecule has 0 amide bonds. The second-order valence-corrected chi connectivity index (χ2v) is 4.57. The molecule has 0 aromatic heterocycles. The number of esters is 1. The summed E-state index contributed by atoms with van der Waals surface area (Å²) in [5.41, 5.74) is 5.66. The molecule has 0 aliphatic carbocycles. The molecule has 1 saturated heterocycles. The predicted octanol–water partition coefficient (Wildman–Crippen LogP) is 0.999. The molecule has 0 radical (unpaired) electrons. The van der Waals surface area contributed by atoms with Crippen molar-refractivity contribution in [3.05, 3.63) is 0 Å². The summed E-state index contributed by atoms with van der Waals surface area (Å²) >= 11 is 0. The molecule has 0 spiro atoms. The molecule has 1 aliphatic heterocycles. The molecule has 0 saturated carbocycles. The van der Waals surface area contributed by atoms with Crippen LogP contribution in [0.15, 0.2) is 0 Å². The highest BCUT2D eigenvalue weighted by molar-refractivity contribution is 5.75. The molecule has 0 aromatic rings. The average molecular weight is 228 g/mol. The monoisotopic (exact) mass is 228 g/mol. The minimum absolute atomic E-state index is 0.0542. The molecule has 16 heavy (non-hydrogen) atoms. The first-order chi connectivity index (χ1) is 7.72. The Bertz CT molecular complexity index is 221. The second kappa shape index (κ2) is 6.86. The van der Waals surface area contributed by atoms with Crippen molar-refractivity contribution in [2.24, 2.45) is 11.7 Å². The Hall–Kier alpha value is -0.610. The van der Waals surface area contributed by atoms with Crippen molar-refractivity contribution < 1.29 is 9.53 Å². The molecule has 1 aliphatic rings. The third-order valence-corrected chi connectivity index (χ3v) is 3.40. The molecule has 2 atom stereocenters. The summed E-state index contributed by atoms with van der Waals surface area (Å²) in [6, 6.07) is -0.0542. The molecule has 0 aromatic carbocycles. The first-order valence-corrected chi connectivity index (χ1v) is 6.24. The van der Waals surface area contributed by atoms with Gasteiger partial charge in [0, 0.05) is 6.54 Å². The summed E-state index contributed by atoms with van der Waals surface area (Å²) in [5.74, 6) is 0.458.